The normalized spacial score (nSPS) is 15.5. The molecular weight excluding hydrogens is 247 g/mol. The molecular formula is C8H23O4PSi2. The van der Waals surface area contributed by atoms with Gasteiger partial charge in [0.1, 0.15) is 0 Å². The van der Waals surface area contributed by atoms with Crippen LogP contribution in [0.15, 0.2) is 0 Å². The predicted octanol–water partition coefficient (Wildman–Crippen LogP) is 2.61. The summed E-state index contributed by atoms with van der Waals surface area (Å²) in [5.41, 5.74) is 0. The largest absolute Gasteiger partial charge is 0.469 e. The van der Waals surface area contributed by atoms with Crippen LogP contribution in [0.5, 0.6) is 0 Å². The zero-order valence-electron chi connectivity index (χ0n) is 10.7. The van der Waals surface area contributed by atoms with Crippen molar-refractivity contribution in [1.29, 1.82) is 0 Å². The van der Waals surface area contributed by atoms with Gasteiger partial charge in [-0.2, -0.15) is 0 Å². The standard InChI is InChI=1S/C8H23O4PSi2/c1-8(14(2,3)4,15(5,6)7)12-13(9,10)11/h1-7H3,(H2,9,10,11). The molecule has 0 amide bonds. The maximum absolute atomic E-state index is 11.1. The van der Waals surface area contributed by atoms with E-state index < -0.39 is 28.8 Å². The summed E-state index contributed by atoms with van der Waals surface area (Å²) >= 11 is 0. The quantitative estimate of drug-likeness (QED) is 0.609. The summed E-state index contributed by atoms with van der Waals surface area (Å²) in [4.78, 5) is 17.4. The molecule has 0 atom stereocenters. The molecule has 0 bridgehead atoms. The molecule has 2 N–H and O–H groups in total. The summed E-state index contributed by atoms with van der Waals surface area (Å²) < 4.78 is 16.2. The maximum atomic E-state index is 11.1. The lowest BCUT2D eigenvalue weighted by molar-refractivity contribution is 0.152. The third-order valence-electron chi connectivity index (χ3n) is 3.16. The van der Waals surface area contributed by atoms with Gasteiger partial charge in [0.2, 0.25) is 0 Å². The van der Waals surface area contributed by atoms with E-state index in [0.717, 1.165) is 0 Å². The molecule has 4 nitrogen and oxygen atoms in total. The number of phosphoric ester groups is 1. The van der Waals surface area contributed by atoms with Crippen molar-refractivity contribution in [3.8, 4) is 0 Å². The molecule has 92 valence electrons. The van der Waals surface area contributed by atoms with Crippen molar-refractivity contribution in [2.75, 3.05) is 0 Å². The van der Waals surface area contributed by atoms with Crippen LogP contribution in [-0.2, 0) is 9.09 Å². The molecule has 0 rings (SSSR count). The minimum atomic E-state index is -4.41. The molecule has 0 aromatic carbocycles. The summed E-state index contributed by atoms with van der Waals surface area (Å²) in [6, 6.07) is 0. The maximum Gasteiger partial charge on any atom is 0.469 e. The molecule has 15 heavy (non-hydrogen) atoms. The van der Waals surface area contributed by atoms with Gasteiger partial charge in [-0.3, -0.25) is 4.52 Å². The second-order valence-corrected chi connectivity index (χ2v) is 18.7. The number of hydrogen-bond donors (Lipinski definition) is 2. The Bertz CT molecular complexity index is 259. The van der Waals surface area contributed by atoms with Crippen LogP contribution in [0, 0.1) is 0 Å². The molecule has 0 heterocycles. The van der Waals surface area contributed by atoms with Crippen molar-refractivity contribution in [2.24, 2.45) is 0 Å². The molecule has 0 aromatic heterocycles. The van der Waals surface area contributed by atoms with Crippen LogP contribution in [0.3, 0.4) is 0 Å². The van der Waals surface area contributed by atoms with Crippen molar-refractivity contribution < 1.29 is 18.9 Å². The number of hydrogen-bond acceptors (Lipinski definition) is 2. The zero-order valence-corrected chi connectivity index (χ0v) is 13.6. The topological polar surface area (TPSA) is 66.8 Å². The van der Waals surface area contributed by atoms with Gasteiger partial charge in [0, 0.05) is 0 Å². The SMILES string of the molecule is CC(OP(=O)(O)O)([Si](C)(C)C)[Si](C)(C)C. The highest BCUT2D eigenvalue weighted by Gasteiger charge is 2.53. The Labute approximate surface area is 94.3 Å². The lowest BCUT2D eigenvalue weighted by Crippen LogP contribution is -2.65. The van der Waals surface area contributed by atoms with E-state index in [9.17, 15) is 4.57 Å². The Kier molecular flexibility index (Phi) is 4.24. The minimum absolute atomic E-state index is 0.626. The molecule has 0 aliphatic heterocycles. The van der Waals surface area contributed by atoms with Crippen LogP contribution in [0.1, 0.15) is 6.92 Å². The first-order valence-corrected chi connectivity index (χ1v) is 13.5. The molecule has 0 aliphatic rings. The van der Waals surface area contributed by atoms with E-state index >= 15 is 0 Å². The van der Waals surface area contributed by atoms with Crippen LogP contribution in [0.25, 0.3) is 0 Å². The van der Waals surface area contributed by atoms with Crippen molar-refractivity contribution in [2.45, 2.75) is 51.1 Å². The van der Waals surface area contributed by atoms with Gasteiger partial charge in [-0.1, -0.05) is 39.3 Å². The van der Waals surface area contributed by atoms with Crippen LogP contribution in [0.4, 0.5) is 0 Å². The van der Waals surface area contributed by atoms with Gasteiger partial charge in [0.05, 0.1) is 21.0 Å². The Hall–Kier alpha value is 0.544. The Balaban J connectivity index is 5.35. The van der Waals surface area contributed by atoms with E-state index in [1.54, 1.807) is 0 Å². The highest BCUT2D eigenvalue weighted by molar-refractivity contribution is 7.46. The van der Waals surface area contributed by atoms with Crippen LogP contribution in [0.2, 0.25) is 39.3 Å². The Morgan fingerprint density at radius 1 is 1.00 bits per heavy atom. The van der Waals surface area contributed by atoms with E-state index in [2.05, 4.69) is 39.3 Å². The summed E-state index contributed by atoms with van der Waals surface area (Å²) in [7, 11) is -8.03. The fourth-order valence-corrected chi connectivity index (χ4v) is 14.0. The van der Waals surface area contributed by atoms with Gasteiger partial charge in [-0.05, 0) is 6.92 Å². The van der Waals surface area contributed by atoms with E-state index in [1.807, 2.05) is 6.92 Å². The minimum Gasteiger partial charge on any atom is -0.303 e. The summed E-state index contributed by atoms with van der Waals surface area (Å²) in [5.74, 6) is 0. The highest BCUT2D eigenvalue weighted by atomic mass is 31.2. The van der Waals surface area contributed by atoms with Crippen LogP contribution >= 0.6 is 7.82 Å². The lowest BCUT2D eigenvalue weighted by atomic mass is 10.8. The van der Waals surface area contributed by atoms with Gasteiger partial charge in [-0.25, -0.2) is 4.57 Å². The first-order valence-electron chi connectivity index (χ1n) is 4.97. The monoisotopic (exact) mass is 270 g/mol. The number of phosphoric acid groups is 1. The van der Waals surface area contributed by atoms with Gasteiger partial charge < -0.3 is 9.79 Å². The highest BCUT2D eigenvalue weighted by Crippen LogP contribution is 2.48. The first kappa shape index (κ1) is 15.5. The average molecular weight is 270 g/mol. The van der Waals surface area contributed by atoms with Crippen molar-refractivity contribution in [1.82, 2.24) is 0 Å². The second kappa shape index (κ2) is 4.09. The zero-order chi connectivity index (χ0) is 12.7. The molecule has 0 fully saturated rings. The van der Waals surface area contributed by atoms with Gasteiger partial charge in [0.25, 0.3) is 0 Å². The summed E-state index contributed by atoms with van der Waals surface area (Å²) in [5, 5.41) is 0. The fourth-order valence-electron chi connectivity index (χ4n) is 1.64. The first-order chi connectivity index (χ1) is 6.21. The summed E-state index contributed by atoms with van der Waals surface area (Å²) in [6.45, 7) is 14.4. The molecule has 0 saturated carbocycles. The van der Waals surface area contributed by atoms with Crippen LogP contribution in [-0.4, -0.2) is 30.8 Å². The smallest absolute Gasteiger partial charge is 0.303 e. The Morgan fingerprint density at radius 3 is 1.33 bits per heavy atom. The third-order valence-corrected chi connectivity index (χ3v) is 14.5. The summed E-state index contributed by atoms with van der Waals surface area (Å²) in [6.07, 6.45) is 0. The van der Waals surface area contributed by atoms with E-state index in [0.29, 0.717) is 0 Å². The van der Waals surface area contributed by atoms with Crippen LogP contribution < -0.4 is 0 Å². The van der Waals surface area contributed by atoms with E-state index in [4.69, 9.17) is 14.3 Å². The molecule has 0 spiro atoms. The van der Waals surface area contributed by atoms with Crippen molar-refractivity contribution >= 4 is 24.0 Å². The Morgan fingerprint density at radius 2 is 1.27 bits per heavy atom. The average Bonchev–Trinajstić information content (AvgIpc) is 1.77. The van der Waals surface area contributed by atoms with Gasteiger partial charge >= 0.3 is 7.82 Å². The molecule has 0 aliphatic carbocycles. The van der Waals surface area contributed by atoms with Crippen molar-refractivity contribution in [3.63, 3.8) is 0 Å². The van der Waals surface area contributed by atoms with Gasteiger partial charge in [0.15, 0.2) is 0 Å². The lowest BCUT2D eigenvalue weighted by Gasteiger charge is -2.48. The van der Waals surface area contributed by atoms with E-state index in [1.165, 1.54) is 0 Å². The fraction of sp³-hybridized carbons (Fsp3) is 1.00. The second-order valence-electron chi connectivity index (χ2n) is 6.12. The predicted molar refractivity (Wildman–Crippen MR) is 68.2 cm³/mol. The molecule has 0 unspecified atom stereocenters. The van der Waals surface area contributed by atoms with E-state index in [-0.39, 0.29) is 0 Å². The third kappa shape index (κ3) is 3.80. The molecule has 0 saturated heterocycles. The van der Waals surface area contributed by atoms with Crippen molar-refractivity contribution in [3.05, 3.63) is 0 Å². The molecule has 0 radical (unpaired) electrons. The molecule has 7 heteroatoms. The molecule has 0 aromatic rings. The number of rotatable bonds is 4. The van der Waals surface area contributed by atoms with Gasteiger partial charge in [-0.15, -0.1) is 0 Å².